The lowest BCUT2D eigenvalue weighted by atomic mass is 9.95. The molecule has 3 rings (SSSR count). The molecule has 1 aliphatic carbocycles. The van der Waals surface area contributed by atoms with Crippen LogP contribution in [0.4, 0.5) is 0 Å². The van der Waals surface area contributed by atoms with Gasteiger partial charge in [-0.05, 0) is 51.1 Å². The van der Waals surface area contributed by atoms with Crippen molar-refractivity contribution in [1.29, 1.82) is 0 Å². The molecule has 2 aliphatic rings. The quantitative estimate of drug-likeness (QED) is 0.843. The molecule has 1 aliphatic heterocycles. The summed E-state index contributed by atoms with van der Waals surface area (Å²) >= 11 is 0. The Kier molecular flexibility index (Phi) is 2.91. The molecule has 2 fully saturated rings. The Bertz CT molecular complexity index is 340. The van der Waals surface area contributed by atoms with E-state index in [1.807, 2.05) is 0 Å². The third-order valence-electron chi connectivity index (χ3n) is 3.59. The lowest BCUT2D eigenvalue weighted by Gasteiger charge is -2.21. The molecule has 0 aromatic carbocycles. The molecule has 1 aromatic rings. The molecular formula is C12H19N3O. The van der Waals surface area contributed by atoms with Crippen molar-refractivity contribution in [3.8, 4) is 0 Å². The maximum absolute atomic E-state index is 5.28. The van der Waals surface area contributed by atoms with Crippen molar-refractivity contribution < 1.29 is 4.52 Å². The van der Waals surface area contributed by atoms with E-state index in [9.17, 15) is 0 Å². The molecule has 4 nitrogen and oxygen atoms in total. The molecule has 1 saturated heterocycles. The predicted molar refractivity (Wildman–Crippen MR) is 60.2 cm³/mol. The molecule has 2 heterocycles. The van der Waals surface area contributed by atoms with Gasteiger partial charge in [0.2, 0.25) is 5.89 Å². The van der Waals surface area contributed by atoms with Crippen molar-refractivity contribution in [2.24, 2.45) is 5.92 Å². The normalized spacial score (nSPS) is 25.9. The lowest BCUT2D eigenvalue weighted by molar-refractivity contribution is 0.326. The third kappa shape index (κ3) is 2.43. The van der Waals surface area contributed by atoms with Gasteiger partial charge < -0.3 is 9.84 Å². The first kappa shape index (κ1) is 10.3. The minimum atomic E-state index is 0.605. The number of nitrogens with one attached hydrogen (secondary N) is 1. The van der Waals surface area contributed by atoms with Gasteiger partial charge in [-0.2, -0.15) is 4.98 Å². The van der Waals surface area contributed by atoms with Crippen LogP contribution in [0.25, 0.3) is 0 Å². The van der Waals surface area contributed by atoms with Crippen LogP contribution >= 0.6 is 0 Å². The van der Waals surface area contributed by atoms with Gasteiger partial charge in [0.15, 0.2) is 5.82 Å². The van der Waals surface area contributed by atoms with Gasteiger partial charge in [-0.1, -0.05) is 5.16 Å². The van der Waals surface area contributed by atoms with E-state index in [0.717, 1.165) is 30.6 Å². The van der Waals surface area contributed by atoms with Crippen LogP contribution in [0.2, 0.25) is 0 Å². The zero-order chi connectivity index (χ0) is 10.8. The Morgan fingerprint density at radius 3 is 3.00 bits per heavy atom. The molecule has 0 bridgehead atoms. The largest absolute Gasteiger partial charge is 0.339 e. The van der Waals surface area contributed by atoms with Gasteiger partial charge in [-0.25, -0.2) is 0 Å². The number of hydrogen-bond acceptors (Lipinski definition) is 4. The van der Waals surface area contributed by atoms with Crippen molar-refractivity contribution in [2.75, 3.05) is 13.1 Å². The summed E-state index contributed by atoms with van der Waals surface area (Å²) in [4.78, 5) is 4.46. The molecule has 1 saturated carbocycles. The second-order valence-corrected chi connectivity index (χ2v) is 5.07. The van der Waals surface area contributed by atoms with Gasteiger partial charge >= 0.3 is 0 Å². The average molecular weight is 221 g/mol. The van der Waals surface area contributed by atoms with E-state index in [1.54, 1.807) is 0 Å². The Labute approximate surface area is 95.8 Å². The highest BCUT2D eigenvalue weighted by atomic mass is 16.5. The first-order chi connectivity index (χ1) is 7.92. The highest BCUT2D eigenvalue weighted by Gasteiger charge is 2.28. The molecule has 16 heavy (non-hydrogen) atoms. The first-order valence-electron chi connectivity index (χ1n) is 6.45. The maximum Gasteiger partial charge on any atom is 0.226 e. The fraction of sp³-hybridized carbons (Fsp3) is 0.833. The van der Waals surface area contributed by atoms with Crippen LogP contribution in [0, 0.1) is 5.92 Å². The summed E-state index contributed by atoms with van der Waals surface area (Å²) in [6, 6.07) is 0. The van der Waals surface area contributed by atoms with E-state index in [2.05, 4.69) is 15.5 Å². The van der Waals surface area contributed by atoms with Crippen LogP contribution in [-0.4, -0.2) is 23.2 Å². The summed E-state index contributed by atoms with van der Waals surface area (Å²) in [5.41, 5.74) is 0. The van der Waals surface area contributed by atoms with E-state index < -0.39 is 0 Å². The maximum atomic E-state index is 5.28. The van der Waals surface area contributed by atoms with Crippen molar-refractivity contribution in [3.05, 3.63) is 11.7 Å². The summed E-state index contributed by atoms with van der Waals surface area (Å²) in [5.74, 6) is 3.18. The van der Waals surface area contributed by atoms with Crippen molar-refractivity contribution >= 4 is 0 Å². The first-order valence-corrected chi connectivity index (χ1v) is 6.45. The van der Waals surface area contributed by atoms with Gasteiger partial charge in [-0.15, -0.1) is 0 Å². The molecular weight excluding hydrogens is 202 g/mol. The van der Waals surface area contributed by atoms with Gasteiger partial charge in [-0.3, -0.25) is 0 Å². The van der Waals surface area contributed by atoms with Crippen LogP contribution in [0.3, 0.4) is 0 Å². The fourth-order valence-corrected chi connectivity index (χ4v) is 2.37. The monoisotopic (exact) mass is 221 g/mol. The molecule has 1 N–H and O–H groups in total. The van der Waals surface area contributed by atoms with Crippen LogP contribution in [-0.2, 0) is 6.42 Å². The molecule has 1 aromatic heterocycles. The van der Waals surface area contributed by atoms with Crippen LogP contribution in [0.15, 0.2) is 4.52 Å². The summed E-state index contributed by atoms with van der Waals surface area (Å²) in [7, 11) is 0. The minimum absolute atomic E-state index is 0.605. The summed E-state index contributed by atoms with van der Waals surface area (Å²) in [6.45, 7) is 2.34. The molecule has 0 spiro atoms. The number of piperidine rings is 1. The van der Waals surface area contributed by atoms with E-state index in [4.69, 9.17) is 4.52 Å². The standard InChI is InChI=1S/C12H19N3O/c1-2-9(8-13-7-1)3-6-11-14-12(15-16-11)10-4-5-10/h9-10,13H,1-8H2. The summed E-state index contributed by atoms with van der Waals surface area (Å²) < 4.78 is 5.28. The molecule has 4 heteroatoms. The van der Waals surface area contributed by atoms with E-state index in [-0.39, 0.29) is 0 Å². The number of aryl methyl sites for hydroxylation is 1. The van der Waals surface area contributed by atoms with Gasteiger partial charge in [0.1, 0.15) is 0 Å². The van der Waals surface area contributed by atoms with Crippen molar-refractivity contribution in [2.45, 2.75) is 44.4 Å². The number of aromatic nitrogens is 2. The SMILES string of the molecule is C1CNCC(CCc2nc(C3CC3)no2)C1. The minimum Gasteiger partial charge on any atom is -0.339 e. The molecule has 1 unspecified atom stereocenters. The zero-order valence-corrected chi connectivity index (χ0v) is 9.61. The fourth-order valence-electron chi connectivity index (χ4n) is 2.37. The summed E-state index contributed by atoms with van der Waals surface area (Å²) in [6.07, 6.45) is 7.26. The Hall–Kier alpha value is -0.900. The Morgan fingerprint density at radius 2 is 2.25 bits per heavy atom. The van der Waals surface area contributed by atoms with Crippen LogP contribution < -0.4 is 5.32 Å². The lowest BCUT2D eigenvalue weighted by Crippen LogP contribution is -2.29. The summed E-state index contributed by atoms with van der Waals surface area (Å²) in [5, 5.41) is 7.48. The van der Waals surface area contributed by atoms with E-state index in [0.29, 0.717) is 5.92 Å². The molecule has 88 valence electrons. The zero-order valence-electron chi connectivity index (χ0n) is 9.61. The van der Waals surface area contributed by atoms with Crippen LogP contribution in [0.1, 0.15) is 49.7 Å². The molecule has 0 radical (unpaired) electrons. The highest BCUT2D eigenvalue weighted by molar-refractivity contribution is 5.03. The van der Waals surface area contributed by atoms with E-state index in [1.165, 1.54) is 38.6 Å². The van der Waals surface area contributed by atoms with Crippen molar-refractivity contribution in [3.63, 3.8) is 0 Å². The average Bonchev–Trinajstić information content (AvgIpc) is 3.08. The Balaban J connectivity index is 1.49. The third-order valence-corrected chi connectivity index (χ3v) is 3.59. The number of rotatable bonds is 4. The van der Waals surface area contributed by atoms with E-state index >= 15 is 0 Å². The second kappa shape index (κ2) is 4.53. The topological polar surface area (TPSA) is 51.0 Å². The van der Waals surface area contributed by atoms with Gasteiger partial charge in [0, 0.05) is 12.3 Å². The Morgan fingerprint density at radius 1 is 1.31 bits per heavy atom. The number of hydrogen-bond donors (Lipinski definition) is 1. The second-order valence-electron chi connectivity index (χ2n) is 5.07. The molecule has 0 amide bonds. The molecule has 1 atom stereocenters. The van der Waals surface area contributed by atoms with Gasteiger partial charge in [0.25, 0.3) is 0 Å². The van der Waals surface area contributed by atoms with Crippen LogP contribution in [0.5, 0.6) is 0 Å². The van der Waals surface area contributed by atoms with Crippen molar-refractivity contribution in [1.82, 2.24) is 15.5 Å². The highest BCUT2D eigenvalue weighted by Crippen LogP contribution is 2.38. The number of nitrogens with zero attached hydrogens (tertiary/aromatic N) is 2. The smallest absolute Gasteiger partial charge is 0.226 e. The van der Waals surface area contributed by atoms with Gasteiger partial charge in [0.05, 0.1) is 0 Å². The predicted octanol–water partition coefficient (Wildman–Crippen LogP) is 1.88.